The van der Waals surface area contributed by atoms with Crippen LogP contribution in [0.15, 0.2) is 53.4 Å². The first-order valence-corrected chi connectivity index (χ1v) is 10.3. The molecule has 0 unspecified atom stereocenters. The summed E-state index contributed by atoms with van der Waals surface area (Å²) in [5.74, 6) is -0.227. The summed E-state index contributed by atoms with van der Waals surface area (Å²) in [6, 6.07) is 13.2. The maximum atomic E-state index is 12.9. The van der Waals surface area contributed by atoms with Gasteiger partial charge in [-0.15, -0.1) is 0 Å². The van der Waals surface area contributed by atoms with Crippen LogP contribution in [0.25, 0.3) is 0 Å². The molecule has 0 aromatic heterocycles. The standard InChI is InChI=1S/C19H21ClFNO2S/c20-18-3-1-2-4-19(18)25(23,24)17-10-13-22(14-11-17)12-9-15-5-7-16(21)8-6-15/h1-8,17H,9-14H2. The van der Waals surface area contributed by atoms with Crippen LogP contribution in [0.4, 0.5) is 4.39 Å². The molecule has 134 valence electrons. The number of halogens is 2. The number of likely N-dealkylation sites (tertiary alicyclic amines) is 1. The molecule has 3 nitrogen and oxygen atoms in total. The summed E-state index contributed by atoms with van der Waals surface area (Å²) in [4.78, 5) is 2.50. The minimum atomic E-state index is -3.39. The summed E-state index contributed by atoms with van der Waals surface area (Å²) < 4.78 is 38.5. The highest BCUT2D eigenvalue weighted by molar-refractivity contribution is 7.92. The zero-order valence-corrected chi connectivity index (χ0v) is 15.4. The molecule has 0 radical (unpaired) electrons. The number of hydrogen-bond acceptors (Lipinski definition) is 3. The van der Waals surface area contributed by atoms with Crippen LogP contribution in [0.3, 0.4) is 0 Å². The maximum Gasteiger partial charge on any atom is 0.182 e. The van der Waals surface area contributed by atoms with Gasteiger partial charge in [-0.25, -0.2) is 12.8 Å². The Kier molecular flexibility index (Phi) is 5.77. The van der Waals surface area contributed by atoms with Crippen molar-refractivity contribution >= 4 is 21.4 Å². The van der Waals surface area contributed by atoms with Gasteiger partial charge in [-0.3, -0.25) is 0 Å². The first kappa shape index (κ1) is 18.4. The third kappa shape index (κ3) is 4.40. The van der Waals surface area contributed by atoms with Gasteiger partial charge in [0.1, 0.15) is 5.82 Å². The molecule has 2 aromatic carbocycles. The molecule has 0 amide bonds. The second kappa shape index (κ2) is 7.85. The SMILES string of the molecule is O=S(=O)(c1ccccc1Cl)C1CCN(CCc2ccc(F)cc2)CC1. The van der Waals surface area contributed by atoms with Crippen molar-refractivity contribution < 1.29 is 12.8 Å². The molecule has 6 heteroatoms. The van der Waals surface area contributed by atoms with Crippen LogP contribution in [0.1, 0.15) is 18.4 Å². The Bertz CT molecular complexity index is 816. The minimum absolute atomic E-state index is 0.227. The van der Waals surface area contributed by atoms with E-state index in [1.165, 1.54) is 12.1 Å². The topological polar surface area (TPSA) is 37.4 Å². The lowest BCUT2D eigenvalue weighted by Gasteiger charge is -2.31. The van der Waals surface area contributed by atoms with Crippen LogP contribution in [0, 0.1) is 5.82 Å². The van der Waals surface area contributed by atoms with E-state index >= 15 is 0 Å². The number of benzene rings is 2. The molecule has 0 atom stereocenters. The largest absolute Gasteiger partial charge is 0.303 e. The Morgan fingerprint density at radius 1 is 1.04 bits per heavy atom. The molecule has 2 aromatic rings. The Labute approximate surface area is 153 Å². The summed E-state index contributed by atoms with van der Waals surface area (Å²) >= 11 is 6.07. The van der Waals surface area contributed by atoms with Crippen LogP contribution in [0.2, 0.25) is 5.02 Å². The summed E-state index contributed by atoms with van der Waals surface area (Å²) in [5.41, 5.74) is 1.09. The molecule has 1 fully saturated rings. The van der Waals surface area contributed by atoms with E-state index in [1.807, 2.05) is 0 Å². The lowest BCUT2D eigenvalue weighted by Crippen LogP contribution is -2.40. The lowest BCUT2D eigenvalue weighted by molar-refractivity contribution is 0.232. The van der Waals surface area contributed by atoms with Gasteiger partial charge < -0.3 is 4.90 Å². The monoisotopic (exact) mass is 381 g/mol. The molecule has 0 saturated carbocycles. The van der Waals surface area contributed by atoms with Gasteiger partial charge >= 0.3 is 0 Å². The van der Waals surface area contributed by atoms with E-state index in [0.29, 0.717) is 17.9 Å². The van der Waals surface area contributed by atoms with Crippen molar-refractivity contribution in [3.8, 4) is 0 Å². The number of rotatable bonds is 5. The van der Waals surface area contributed by atoms with Gasteiger partial charge in [0.15, 0.2) is 9.84 Å². The Hall–Kier alpha value is -1.43. The molecular weight excluding hydrogens is 361 g/mol. The first-order chi connectivity index (χ1) is 12.0. The highest BCUT2D eigenvalue weighted by atomic mass is 35.5. The third-order valence-corrected chi connectivity index (χ3v) is 7.51. The van der Waals surface area contributed by atoms with Gasteiger partial charge in [0.05, 0.1) is 15.2 Å². The zero-order chi connectivity index (χ0) is 17.9. The Morgan fingerprint density at radius 2 is 1.68 bits per heavy atom. The van der Waals surface area contributed by atoms with E-state index in [-0.39, 0.29) is 16.0 Å². The molecule has 1 aliphatic rings. The fraction of sp³-hybridized carbons (Fsp3) is 0.368. The summed E-state index contributed by atoms with van der Waals surface area (Å²) in [6.07, 6.45) is 2.05. The summed E-state index contributed by atoms with van der Waals surface area (Å²) in [5, 5.41) is -0.0873. The first-order valence-electron chi connectivity index (χ1n) is 8.42. The minimum Gasteiger partial charge on any atom is -0.303 e. The van der Waals surface area contributed by atoms with Crippen molar-refractivity contribution in [2.45, 2.75) is 29.4 Å². The van der Waals surface area contributed by atoms with Crippen LogP contribution < -0.4 is 0 Å². The van der Waals surface area contributed by atoms with Crippen molar-refractivity contribution in [1.29, 1.82) is 0 Å². The molecule has 25 heavy (non-hydrogen) atoms. The van der Waals surface area contributed by atoms with E-state index in [2.05, 4.69) is 4.90 Å². The van der Waals surface area contributed by atoms with Crippen molar-refractivity contribution in [3.05, 3.63) is 64.9 Å². The predicted octanol–water partition coefficient (Wildman–Crippen LogP) is 3.96. The van der Waals surface area contributed by atoms with Gasteiger partial charge in [-0.1, -0.05) is 35.9 Å². The van der Waals surface area contributed by atoms with E-state index in [1.54, 1.807) is 36.4 Å². The van der Waals surface area contributed by atoms with Crippen molar-refractivity contribution in [3.63, 3.8) is 0 Å². The number of hydrogen-bond donors (Lipinski definition) is 0. The van der Waals surface area contributed by atoms with E-state index in [4.69, 9.17) is 11.6 Å². The average molecular weight is 382 g/mol. The van der Waals surface area contributed by atoms with E-state index in [0.717, 1.165) is 31.6 Å². The van der Waals surface area contributed by atoms with Gasteiger partial charge in [0, 0.05) is 6.54 Å². The number of nitrogens with zero attached hydrogens (tertiary/aromatic N) is 1. The summed E-state index contributed by atoms with van der Waals surface area (Å²) in [6.45, 7) is 2.34. The molecule has 0 spiro atoms. The molecule has 1 heterocycles. The molecule has 1 saturated heterocycles. The Morgan fingerprint density at radius 3 is 2.32 bits per heavy atom. The fourth-order valence-corrected chi connectivity index (χ4v) is 5.49. The third-order valence-electron chi connectivity index (χ3n) is 4.75. The zero-order valence-electron chi connectivity index (χ0n) is 13.9. The van der Waals surface area contributed by atoms with Gasteiger partial charge in [-0.2, -0.15) is 0 Å². The second-order valence-electron chi connectivity index (χ2n) is 6.39. The van der Waals surface area contributed by atoms with Crippen LogP contribution in [0.5, 0.6) is 0 Å². The van der Waals surface area contributed by atoms with Crippen molar-refractivity contribution in [1.82, 2.24) is 4.90 Å². The molecular formula is C19H21ClFNO2S. The molecule has 1 aliphatic heterocycles. The Balaban J connectivity index is 1.56. The fourth-order valence-electron chi connectivity index (χ4n) is 3.24. The molecule has 0 aliphatic carbocycles. The maximum absolute atomic E-state index is 12.9. The van der Waals surface area contributed by atoms with Crippen molar-refractivity contribution in [2.75, 3.05) is 19.6 Å². The van der Waals surface area contributed by atoms with Crippen LogP contribution in [-0.2, 0) is 16.3 Å². The lowest BCUT2D eigenvalue weighted by atomic mass is 10.1. The van der Waals surface area contributed by atoms with E-state index < -0.39 is 9.84 Å². The highest BCUT2D eigenvalue weighted by Crippen LogP contribution is 2.29. The quantitative estimate of drug-likeness (QED) is 0.786. The predicted molar refractivity (Wildman–Crippen MR) is 98.2 cm³/mol. The van der Waals surface area contributed by atoms with Gasteiger partial charge in [0.25, 0.3) is 0 Å². The molecule has 3 rings (SSSR count). The van der Waals surface area contributed by atoms with Crippen molar-refractivity contribution in [2.24, 2.45) is 0 Å². The van der Waals surface area contributed by atoms with E-state index in [9.17, 15) is 12.8 Å². The molecule has 0 bridgehead atoms. The second-order valence-corrected chi connectivity index (χ2v) is 9.00. The molecule has 0 N–H and O–H groups in total. The number of piperidine rings is 1. The number of sulfone groups is 1. The van der Waals surface area contributed by atoms with Crippen LogP contribution in [-0.4, -0.2) is 38.2 Å². The highest BCUT2D eigenvalue weighted by Gasteiger charge is 2.32. The summed E-state index contributed by atoms with van der Waals surface area (Å²) in [7, 11) is -3.39. The average Bonchev–Trinajstić information content (AvgIpc) is 2.62. The van der Waals surface area contributed by atoms with Crippen LogP contribution >= 0.6 is 11.6 Å². The van der Waals surface area contributed by atoms with Gasteiger partial charge in [0.2, 0.25) is 0 Å². The van der Waals surface area contributed by atoms with Gasteiger partial charge in [-0.05, 0) is 62.2 Å². The normalized spacial score (nSPS) is 16.9. The smallest absolute Gasteiger partial charge is 0.182 e.